The lowest BCUT2D eigenvalue weighted by molar-refractivity contribution is 1.07. The van der Waals surface area contributed by atoms with Gasteiger partial charge in [-0.15, -0.1) is 11.3 Å². The second-order valence-corrected chi connectivity index (χ2v) is 14.3. The second kappa shape index (κ2) is 11.4. The van der Waals surface area contributed by atoms with Crippen molar-refractivity contribution in [3.05, 3.63) is 170 Å². The van der Waals surface area contributed by atoms with Gasteiger partial charge in [0.05, 0.1) is 21.4 Å². The third-order valence-corrected chi connectivity index (χ3v) is 11.4. The molecule has 52 heavy (non-hydrogen) atoms. The highest BCUT2D eigenvalue weighted by Crippen LogP contribution is 2.44. The molecule has 0 bridgehead atoms. The van der Waals surface area contributed by atoms with E-state index in [2.05, 4.69) is 114 Å². The summed E-state index contributed by atoms with van der Waals surface area (Å²) in [5, 5.41) is 10.1. The zero-order valence-corrected chi connectivity index (χ0v) is 28.7. The van der Waals surface area contributed by atoms with Gasteiger partial charge in [-0.25, -0.2) is 15.0 Å². The van der Waals surface area contributed by atoms with E-state index in [1.54, 1.807) is 0 Å². The summed E-state index contributed by atoms with van der Waals surface area (Å²) in [6.45, 7) is 0. The summed E-state index contributed by atoms with van der Waals surface area (Å²) in [7, 11) is 0. The number of aromatic nitrogens is 4. The Labute approximate surface area is 302 Å². The van der Waals surface area contributed by atoms with E-state index in [0.29, 0.717) is 17.5 Å². The topological polar surface area (TPSA) is 43.6 Å². The van der Waals surface area contributed by atoms with Crippen LogP contribution in [0.1, 0.15) is 0 Å². The van der Waals surface area contributed by atoms with Gasteiger partial charge in [0, 0.05) is 42.9 Å². The first-order valence-corrected chi connectivity index (χ1v) is 18.3. The van der Waals surface area contributed by atoms with Crippen LogP contribution in [0.25, 0.3) is 103 Å². The van der Waals surface area contributed by atoms with Crippen molar-refractivity contribution in [3.63, 3.8) is 0 Å². The van der Waals surface area contributed by atoms with Gasteiger partial charge >= 0.3 is 0 Å². The minimum absolute atomic E-state index is 0.661. The summed E-state index contributed by atoms with van der Waals surface area (Å²) in [5.74, 6) is 1.98. The van der Waals surface area contributed by atoms with E-state index in [4.69, 9.17) is 15.0 Å². The van der Waals surface area contributed by atoms with Crippen molar-refractivity contribution in [2.45, 2.75) is 0 Å². The molecule has 11 rings (SSSR count). The van der Waals surface area contributed by atoms with Gasteiger partial charge in [-0.2, -0.15) is 0 Å². The molecule has 3 heterocycles. The predicted octanol–water partition coefficient (Wildman–Crippen LogP) is 12.6. The normalized spacial score (nSPS) is 11.8. The number of nitrogens with zero attached hydrogens (tertiary/aromatic N) is 4. The second-order valence-electron chi connectivity index (χ2n) is 13.2. The van der Waals surface area contributed by atoms with Crippen LogP contribution in [0.2, 0.25) is 0 Å². The van der Waals surface area contributed by atoms with Crippen molar-refractivity contribution < 1.29 is 0 Å². The molecule has 8 aromatic carbocycles. The SMILES string of the molecule is c1ccc(-c2nc(-c3ccccc3)nc(-c3ccc4c(c3)sc3c(-n5c6ccc7ccccc7c6c6c7ccccc7ccc65)cccc34)n2)cc1. The number of thiophene rings is 1. The summed E-state index contributed by atoms with van der Waals surface area (Å²) in [4.78, 5) is 14.9. The van der Waals surface area contributed by atoms with Crippen molar-refractivity contribution in [1.29, 1.82) is 0 Å². The van der Waals surface area contributed by atoms with E-state index in [1.807, 2.05) is 72.0 Å². The van der Waals surface area contributed by atoms with E-state index in [9.17, 15) is 0 Å². The van der Waals surface area contributed by atoms with Gasteiger partial charge < -0.3 is 4.57 Å². The fraction of sp³-hybridized carbons (Fsp3) is 0. The van der Waals surface area contributed by atoms with Crippen molar-refractivity contribution in [2.24, 2.45) is 0 Å². The lowest BCUT2D eigenvalue weighted by Gasteiger charge is -2.10. The molecular formula is C47H28N4S. The molecule has 3 aromatic heterocycles. The monoisotopic (exact) mass is 680 g/mol. The largest absolute Gasteiger partial charge is 0.308 e. The van der Waals surface area contributed by atoms with Crippen molar-refractivity contribution in [1.82, 2.24) is 19.5 Å². The Morgan fingerprint density at radius 1 is 0.385 bits per heavy atom. The Balaban J connectivity index is 1.15. The van der Waals surface area contributed by atoms with Crippen LogP contribution in [0.5, 0.6) is 0 Å². The quantitative estimate of drug-likeness (QED) is 0.186. The lowest BCUT2D eigenvalue weighted by atomic mass is 10.00. The number of fused-ring (bicyclic) bond motifs is 10. The molecule has 0 saturated carbocycles. The minimum atomic E-state index is 0.661. The molecule has 0 amide bonds. The molecule has 0 aliphatic carbocycles. The van der Waals surface area contributed by atoms with Crippen LogP contribution in [-0.4, -0.2) is 19.5 Å². The van der Waals surface area contributed by atoms with Gasteiger partial charge in [-0.3, -0.25) is 0 Å². The van der Waals surface area contributed by atoms with E-state index in [0.717, 1.165) is 16.7 Å². The first-order chi connectivity index (χ1) is 25.8. The third kappa shape index (κ3) is 4.43. The van der Waals surface area contributed by atoms with E-state index in [-0.39, 0.29) is 0 Å². The van der Waals surface area contributed by atoms with Crippen LogP contribution >= 0.6 is 11.3 Å². The van der Waals surface area contributed by atoms with Crippen LogP contribution in [0.4, 0.5) is 0 Å². The van der Waals surface area contributed by atoms with Gasteiger partial charge in [0.1, 0.15) is 0 Å². The van der Waals surface area contributed by atoms with Crippen LogP contribution in [0.15, 0.2) is 170 Å². The summed E-state index contributed by atoms with van der Waals surface area (Å²) in [5.41, 5.74) is 6.49. The van der Waals surface area contributed by atoms with Crippen LogP contribution in [0.3, 0.4) is 0 Å². The summed E-state index contributed by atoms with van der Waals surface area (Å²) in [6, 6.07) is 60.2. The van der Waals surface area contributed by atoms with Crippen LogP contribution < -0.4 is 0 Å². The number of benzene rings is 8. The Bertz CT molecular complexity index is 3030. The zero-order chi connectivity index (χ0) is 34.2. The molecule has 0 saturated heterocycles. The zero-order valence-electron chi connectivity index (χ0n) is 27.9. The maximum Gasteiger partial charge on any atom is 0.164 e. The summed E-state index contributed by atoms with van der Waals surface area (Å²) in [6.07, 6.45) is 0. The molecular weight excluding hydrogens is 653 g/mol. The summed E-state index contributed by atoms with van der Waals surface area (Å²) >= 11 is 1.83. The molecule has 242 valence electrons. The summed E-state index contributed by atoms with van der Waals surface area (Å²) < 4.78 is 4.92. The maximum atomic E-state index is 5.01. The van der Waals surface area contributed by atoms with Gasteiger partial charge in [-0.1, -0.05) is 146 Å². The molecule has 0 aliphatic rings. The third-order valence-electron chi connectivity index (χ3n) is 10.2. The fourth-order valence-electron chi connectivity index (χ4n) is 7.84. The Morgan fingerprint density at radius 3 is 1.50 bits per heavy atom. The molecule has 4 nitrogen and oxygen atoms in total. The minimum Gasteiger partial charge on any atom is -0.308 e. The smallest absolute Gasteiger partial charge is 0.164 e. The molecule has 0 aliphatic heterocycles. The lowest BCUT2D eigenvalue weighted by Crippen LogP contribution is -1.99. The molecule has 0 N–H and O–H groups in total. The first kappa shape index (κ1) is 29.1. The van der Waals surface area contributed by atoms with Gasteiger partial charge in [0.15, 0.2) is 17.5 Å². The molecule has 0 spiro atoms. The Kier molecular flexibility index (Phi) is 6.39. The van der Waals surface area contributed by atoms with Gasteiger partial charge in [0.2, 0.25) is 0 Å². The maximum absolute atomic E-state index is 5.01. The highest BCUT2D eigenvalue weighted by molar-refractivity contribution is 7.26. The van der Waals surface area contributed by atoms with Crippen molar-refractivity contribution in [3.8, 4) is 39.9 Å². The standard InChI is InChI=1S/C47H28N4S/c1-3-14-31(15-4-1)45-48-46(32-16-5-2-6-17-32)50-47(49-45)33-22-25-36-37-20-11-21-40(44(37)52-41(36)28-33)51-38-26-23-29-12-7-9-18-34(29)42(38)43-35-19-10-8-13-30(35)24-27-39(43)51/h1-28H. The average molecular weight is 681 g/mol. The molecule has 11 aromatic rings. The molecule has 0 radical (unpaired) electrons. The van der Waals surface area contributed by atoms with Crippen molar-refractivity contribution >= 4 is 74.9 Å². The Morgan fingerprint density at radius 2 is 0.904 bits per heavy atom. The van der Waals surface area contributed by atoms with E-state index in [1.165, 1.54) is 69.2 Å². The van der Waals surface area contributed by atoms with Crippen LogP contribution in [0, 0.1) is 0 Å². The first-order valence-electron chi connectivity index (χ1n) is 17.5. The predicted molar refractivity (Wildman–Crippen MR) is 218 cm³/mol. The molecule has 0 unspecified atom stereocenters. The number of rotatable bonds is 4. The van der Waals surface area contributed by atoms with E-state index < -0.39 is 0 Å². The average Bonchev–Trinajstić information content (AvgIpc) is 3.77. The Hall–Kier alpha value is -6.69. The van der Waals surface area contributed by atoms with E-state index >= 15 is 0 Å². The number of hydrogen-bond donors (Lipinski definition) is 0. The highest BCUT2D eigenvalue weighted by atomic mass is 32.1. The number of hydrogen-bond acceptors (Lipinski definition) is 4. The van der Waals surface area contributed by atoms with Gasteiger partial charge in [0.25, 0.3) is 0 Å². The molecule has 5 heteroatoms. The van der Waals surface area contributed by atoms with Crippen LogP contribution in [-0.2, 0) is 0 Å². The molecule has 0 fully saturated rings. The fourth-order valence-corrected chi connectivity index (χ4v) is 9.09. The highest BCUT2D eigenvalue weighted by Gasteiger charge is 2.20. The van der Waals surface area contributed by atoms with Crippen molar-refractivity contribution in [2.75, 3.05) is 0 Å². The molecule has 0 atom stereocenters. The van der Waals surface area contributed by atoms with Gasteiger partial charge in [-0.05, 0) is 45.8 Å².